The van der Waals surface area contributed by atoms with Crippen LogP contribution in [0.5, 0.6) is 11.5 Å². The zero-order chi connectivity index (χ0) is 20.5. The first-order chi connectivity index (χ1) is 14.2. The fourth-order valence-electron chi connectivity index (χ4n) is 3.55. The zero-order valence-electron chi connectivity index (χ0n) is 17.2. The fraction of sp³-hybridized carbons (Fsp3) is 0.571. The number of thioether (sulfide) groups is 1. The normalized spacial score (nSPS) is 14.6. The molecule has 1 aromatic carbocycles. The van der Waals surface area contributed by atoms with Crippen LogP contribution in [0.25, 0.3) is 0 Å². The van der Waals surface area contributed by atoms with Gasteiger partial charge in [-0.2, -0.15) is 0 Å². The molecule has 1 fully saturated rings. The molecule has 2 aromatic rings. The Kier molecular flexibility index (Phi) is 8.22. The Morgan fingerprint density at radius 3 is 2.52 bits per heavy atom. The standard InChI is InChI=1S/C21H30N4O3S/c1-3-27-18-9-11-19(12-10-18)28-14-13-22-20(26)15-29-21-24-23-16(2)25(21)17-7-5-4-6-8-17/h9-12,17H,3-8,13-15H2,1-2H3,(H,22,26). The number of aryl methyl sites for hydroxylation is 1. The lowest BCUT2D eigenvalue weighted by Crippen LogP contribution is -2.29. The lowest BCUT2D eigenvalue weighted by Gasteiger charge is -2.24. The Morgan fingerprint density at radius 1 is 1.14 bits per heavy atom. The first-order valence-corrected chi connectivity index (χ1v) is 11.3. The molecule has 0 saturated heterocycles. The molecule has 1 N–H and O–H groups in total. The summed E-state index contributed by atoms with van der Waals surface area (Å²) >= 11 is 1.45. The third kappa shape index (κ3) is 6.39. The predicted octanol–water partition coefficient (Wildman–Crippen LogP) is 3.78. The van der Waals surface area contributed by atoms with E-state index >= 15 is 0 Å². The maximum absolute atomic E-state index is 12.2. The van der Waals surface area contributed by atoms with Gasteiger partial charge in [0.1, 0.15) is 23.9 Å². The Labute approximate surface area is 176 Å². The van der Waals surface area contributed by atoms with Gasteiger partial charge in [0, 0.05) is 6.04 Å². The molecule has 0 aliphatic heterocycles. The van der Waals surface area contributed by atoms with Crippen LogP contribution in [0.1, 0.15) is 50.9 Å². The summed E-state index contributed by atoms with van der Waals surface area (Å²) in [6.07, 6.45) is 6.15. The fourth-order valence-corrected chi connectivity index (χ4v) is 4.43. The van der Waals surface area contributed by atoms with Crippen molar-refractivity contribution >= 4 is 17.7 Å². The first kappa shape index (κ1) is 21.5. The molecule has 0 unspecified atom stereocenters. The highest BCUT2D eigenvalue weighted by molar-refractivity contribution is 7.99. The maximum Gasteiger partial charge on any atom is 0.230 e. The summed E-state index contributed by atoms with van der Waals surface area (Å²) in [6, 6.07) is 7.94. The molecule has 7 nitrogen and oxygen atoms in total. The van der Waals surface area contributed by atoms with Crippen molar-refractivity contribution in [3.63, 3.8) is 0 Å². The molecule has 1 aliphatic carbocycles. The quantitative estimate of drug-likeness (QED) is 0.467. The van der Waals surface area contributed by atoms with Crippen molar-refractivity contribution < 1.29 is 14.3 Å². The number of nitrogens with one attached hydrogen (secondary N) is 1. The van der Waals surface area contributed by atoms with Crippen LogP contribution in [-0.2, 0) is 4.79 Å². The van der Waals surface area contributed by atoms with Crippen LogP contribution in [0.4, 0.5) is 0 Å². The minimum Gasteiger partial charge on any atom is -0.494 e. The van der Waals surface area contributed by atoms with E-state index in [2.05, 4.69) is 20.1 Å². The number of aromatic nitrogens is 3. The molecule has 0 bridgehead atoms. The average molecular weight is 419 g/mol. The van der Waals surface area contributed by atoms with Crippen molar-refractivity contribution in [2.24, 2.45) is 0 Å². The van der Waals surface area contributed by atoms with Crippen LogP contribution in [0.2, 0.25) is 0 Å². The third-order valence-electron chi connectivity index (χ3n) is 4.93. The number of carbonyl (C=O) groups is 1. The highest BCUT2D eigenvalue weighted by Crippen LogP contribution is 2.32. The Bertz CT molecular complexity index is 773. The molecule has 1 amide bonds. The summed E-state index contributed by atoms with van der Waals surface area (Å²) in [5.41, 5.74) is 0. The van der Waals surface area contributed by atoms with E-state index in [1.807, 2.05) is 38.1 Å². The van der Waals surface area contributed by atoms with E-state index in [-0.39, 0.29) is 5.91 Å². The van der Waals surface area contributed by atoms with Gasteiger partial charge in [-0.05, 0) is 51.0 Å². The Hall–Kier alpha value is -2.22. The molecule has 1 aromatic heterocycles. The highest BCUT2D eigenvalue weighted by Gasteiger charge is 2.21. The van der Waals surface area contributed by atoms with E-state index in [4.69, 9.17) is 9.47 Å². The predicted molar refractivity (Wildman–Crippen MR) is 114 cm³/mol. The van der Waals surface area contributed by atoms with E-state index in [0.29, 0.717) is 31.6 Å². The van der Waals surface area contributed by atoms with Crippen molar-refractivity contribution in [2.75, 3.05) is 25.5 Å². The van der Waals surface area contributed by atoms with Gasteiger partial charge in [-0.1, -0.05) is 31.0 Å². The summed E-state index contributed by atoms with van der Waals surface area (Å²) in [4.78, 5) is 12.2. The second-order valence-electron chi connectivity index (χ2n) is 7.08. The van der Waals surface area contributed by atoms with Crippen LogP contribution >= 0.6 is 11.8 Å². The van der Waals surface area contributed by atoms with Crippen LogP contribution in [-0.4, -0.2) is 46.2 Å². The zero-order valence-corrected chi connectivity index (χ0v) is 18.0. The van der Waals surface area contributed by atoms with E-state index < -0.39 is 0 Å². The van der Waals surface area contributed by atoms with Gasteiger partial charge in [-0.15, -0.1) is 10.2 Å². The summed E-state index contributed by atoms with van der Waals surface area (Å²) in [5, 5.41) is 12.2. The number of carbonyl (C=O) groups excluding carboxylic acids is 1. The summed E-state index contributed by atoms with van der Waals surface area (Å²) in [5.74, 6) is 2.81. The van der Waals surface area contributed by atoms with Crippen LogP contribution in [0.3, 0.4) is 0 Å². The SMILES string of the molecule is CCOc1ccc(OCCNC(=O)CSc2nnc(C)n2C2CCCCC2)cc1. The van der Waals surface area contributed by atoms with E-state index in [9.17, 15) is 4.79 Å². The Morgan fingerprint density at radius 2 is 1.83 bits per heavy atom. The second kappa shape index (κ2) is 11.1. The minimum absolute atomic E-state index is 0.0267. The molecule has 1 aliphatic rings. The molecule has 29 heavy (non-hydrogen) atoms. The number of hydrogen-bond donors (Lipinski definition) is 1. The smallest absolute Gasteiger partial charge is 0.230 e. The molecule has 8 heteroatoms. The summed E-state index contributed by atoms with van der Waals surface area (Å²) < 4.78 is 13.3. The van der Waals surface area contributed by atoms with Crippen LogP contribution in [0, 0.1) is 6.92 Å². The van der Waals surface area contributed by atoms with Crippen molar-refractivity contribution in [2.45, 2.75) is 57.1 Å². The highest BCUT2D eigenvalue weighted by atomic mass is 32.2. The molecule has 1 heterocycles. The van der Waals surface area contributed by atoms with Crippen molar-refractivity contribution in [3.05, 3.63) is 30.1 Å². The molecular formula is C21H30N4O3S. The molecular weight excluding hydrogens is 388 g/mol. The summed E-state index contributed by atoms with van der Waals surface area (Å²) in [7, 11) is 0. The topological polar surface area (TPSA) is 78.3 Å². The number of rotatable bonds is 10. The van der Waals surface area contributed by atoms with E-state index in [0.717, 1.165) is 22.5 Å². The lowest BCUT2D eigenvalue weighted by atomic mass is 9.95. The van der Waals surface area contributed by atoms with Crippen molar-refractivity contribution in [1.82, 2.24) is 20.1 Å². The average Bonchev–Trinajstić information content (AvgIpc) is 3.12. The second-order valence-corrected chi connectivity index (χ2v) is 8.03. The lowest BCUT2D eigenvalue weighted by molar-refractivity contribution is -0.118. The van der Waals surface area contributed by atoms with Gasteiger partial charge in [0.2, 0.25) is 5.91 Å². The van der Waals surface area contributed by atoms with Gasteiger partial charge in [-0.3, -0.25) is 4.79 Å². The van der Waals surface area contributed by atoms with E-state index in [1.54, 1.807) is 0 Å². The van der Waals surface area contributed by atoms with Crippen LogP contribution < -0.4 is 14.8 Å². The molecule has 1 saturated carbocycles. The number of hydrogen-bond acceptors (Lipinski definition) is 6. The molecule has 0 spiro atoms. The maximum atomic E-state index is 12.2. The number of ether oxygens (including phenoxy) is 2. The minimum atomic E-state index is -0.0267. The summed E-state index contributed by atoms with van der Waals surface area (Å²) in [6.45, 7) is 5.46. The van der Waals surface area contributed by atoms with E-state index in [1.165, 1.54) is 43.9 Å². The van der Waals surface area contributed by atoms with Gasteiger partial charge < -0.3 is 19.4 Å². The monoisotopic (exact) mass is 418 g/mol. The molecule has 3 rings (SSSR count). The van der Waals surface area contributed by atoms with Gasteiger partial charge >= 0.3 is 0 Å². The molecule has 0 atom stereocenters. The first-order valence-electron chi connectivity index (χ1n) is 10.3. The molecule has 0 radical (unpaired) electrons. The van der Waals surface area contributed by atoms with Crippen molar-refractivity contribution in [1.29, 1.82) is 0 Å². The number of benzene rings is 1. The van der Waals surface area contributed by atoms with Crippen LogP contribution in [0.15, 0.2) is 29.4 Å². The number of amides is 1. The Balaban J connectivity index is 1.38. The largest absolute Gasteiger partial charge is 0.494 e. The third-order valence-corrected chi connectivity index (χ3v) is 5.88. The van der Waals surface area contributed by atoms with Gasteiger partial charge in [0.25, 0.3) is 0 Å². The number of nitrogens with zero attached hydrogens (tertiary/aromatic N) is 3. The van der Waals surface area contributed by atoms with Gasteiger partial charge in [-0.25, -0.2) is 0 Å². The molecule has 158 valence electrons. The van der Waals surface area contributed by atoms with Gasteiger partial charge in [0.15, 0.2) is 5.16 Å². The van der Waals surface area contributed by atoms with Crippen molar-refractivity contribution in [3.8, 4) is 11.5 Å². The van der Waals surface area contributed by atoms with Gasteiger partial charge in [0.05, 0.1) is 18.9 Å².